The second-order valence-corrected chi connectivity index (χ2v) is 10.8. The highest BCUT2D eigenvalue weighted by atomic mass is 19.4. The number of benzene rings is 2. The number of aryl methyl sites for hydroxylation is 1. The molecule has 0 spiro atoms. The van der Waals surface area contributed by atoms with Crippen molar-refractivity contribution in [3.63, 3.8) is 0 Å². The van der Waals surface area contributed by atoms with Crippen molar-refractivity contribution in [2.75, 3.05) is 13.5 Å². The van der Waals surface area contributed by atoms with E-state index in [1.54, 1.807) is 17.0 Å². The third kappa shape index (κ3) is 4.28. The molecule has 0 aromatic heterocycles. The van der Waals surface area contributed by atoms with Gasteiger partial charge in [0.25, 0.3) is 0 Å². The van der Waals surface area contributed by atoms with Crippen LogP contribution in [0.1, 0.15) is 65.4 Å². The van der Waals surface area contributed by atoms with E-state index in [0.29, 0.717) is 48.6 Å². The fourth-order valence-electron chi connectivity index (χ4n) is 6.55. The zero-order valence-corrected chi connectivity index (χ0v) is 21.0. The van der Waals surface area contributed by atoms with Gasteiger partial charge >= 0.3 is 6.18 Å². The van der Waals surface area contributed by atoms with Crippen molar-refractivity contribution in [3.8, 4) is 0 Å². The molecule has 2 aromatic carbocycles. The molecule has 2 saturated heterocycles. The van der Waals surface area contributed by atoms with Crippen LogP contribution in [0, 0.1) is 5.82 Å². The second kappa shape index (κ2) is 9.35. The quantitative estimate of drug-likeness (QED) is 0.476. The van der Waals surface area contributed by atoms with Crippen molar-refractivity contribution in [2.45, 2.75) is 81.2 Å². The average Bonchev–Trinajstić information content (AvgIpc) is 3.27. The van der Waals surface area contributed by atoms with Crippen LogP contribution in [0.2, 0.25) is 0 Å². The summed E-state index contributed by atoms with van der Waals surface area (Å²) in [5.41, 5.74) is -2.83. The van der Waals surface area contributed by atoms with Gasteiger partial charge < -0.3 is 9.80 Å². The lowest BCUT2D eigenvalue weighted by Gasteiger charge is -2.45. The normalized spacial score (nSPS) is 28.6. The Kier molecular flexibility index (Phi) is 5.65. The van der Waals surface area contributed by atoms with Gasteiger partial charge in [0.2, 0.25) is 17.5 Å². The van der Waals surface area contributed by atoms with Crippen LogP contribution in [0.15, 0.2) is 42.5 Å². The zero-order chi connectivity index (χ0) is 30.0. The van der Waals surface area contributed by atoms with E-state index in [1.807, 2.05) is 0 Å². The van der Waals surface area contributed by atoms with Crippen LogP contribution < -0.4 is 0 Å². The van der Waals surface area contributed by atoms with Crippen molar-refractivity contribution in [3.05, 3.63) is 70.5 Å². The number of hydrogen-bond acceptors (Lipinski definition) is 2. The number of nitrogens with zero attached hydrogens (tertiary/aromatic N) is 2. The minimum absolute atomic E-state index is 0.0429. The first-order chi connectivity index (χ1) is 19.1. The Morgan fingerprint density at radius 1 is 1.11 bits per heavy atom. The molecule has 3 aliphatic rings. The van der Waals surface area contributed by atoms with Crippen LogP contribution >= 0.6 is 0 Å². The molecule has 9 heteroatoms. The smallest absolute Gasteiger partial charge is 0.337 e. The lowest BCUT2D eigenvalue weighted by atomic mass is 9.63. The molecule has 0 bridgehead atoms. The second-order valence-electron chi connectivity index (χ2n) is 10.8. The van der Waals surface area contributed by atoms with Gasteiger partial charge in [0.1, 0.15) is 11.9 Å². The minimum Gasteiger partial charge on any atom is -0.337 e. The molecule has 2 amide bonds. The van der Waals surface area contributed by atoms with Gasteiger partial charge in [0, 0.05) is 35.5 Å². The molecule has 2 fully saturated rings. The Balaban J connectivity index is 1.56. The van der Waals surface area contributed by atoms with Crippen LogP contribution in [0.25, 0.3) is 0 Å². The number of hydrogen-bond donors (Lipinski definition) is 0. The summed E-state index contributed by atoms with van der Waals surface area (Å²) in [5.74, 6) is -1.50. The molecule has 38 heavy (non-hydrogen) atoms. The van der Waals surface area contributed by atoms with Crippen molar-refractivity contribution in [2.24, 2.45) is 0 Å². The standard InChI is InChI=1S/C29H31F5N2O2/c1-27(31,29(32,33)34)20-9-12-22-19(16-20)8-13-24-28(22,17-18-6-10-21(30)11-7-18)14-15-36(24)26(38)23-4-3-5-25(37)35(23)2/h6-7,9-12,16,23-24H,3-5,8,13-15,17H2,1-2H3/t23?,24-,27?,28-/m1/s1/i2D3. The summed E-state index contributed by atoms with van der Waals surface area (Å²) in [6.45, 7) is -2.04. The molecule has 0 N–H and O–H groups in total. The topological polar surface area (TPSA) is 40.6 Å². The maximum Gasteiger partial charge on any atom is 0.426 e. The van der Waals surface area contributed by atoms with Gasteiger partial charge in [-0.3, -0.25) is 9.59 Å². The molecule has 2 heterocycles. The largest absolute Gasteiger partial charge is 0.426 e. The Morgan fingerprint density at radius 3 is 2.53 bits per heavy atom. The monoisotopic (exact) mass is 537 g/mol. The van der Waals surface area contributed by atoms with Gasteiger partial charge in [-0.25, -0.2) is 8.78 Å². The number of amides is 2. The number of carbonyl (C=O) groups is 2. The summed E-state index contributed by atoms with van der Waals surface area (Å²) in [5, 5.41) is 0. The zero-order valence-electron chi connectivity index (χ0n) is 24.0. The van der Waals surface area contributed by atoms with E-state index in [0.717, 1.165) is 11.6 Å². The fourth-order valence-corrected chi connectivity index (χ4v) is 6.55. The molecule has 2 aromatic rings. The summed E-state index contributed by atoms with van der Waals surface area (Å²) < 4.78 is 92.7. The number of likely N-dealkylation sites (tertiary alicyclic amines) is 2. The molecular weight excluding hydrogens is 503 g/mol. The maximum absolute atomic E-state index is 14.9. The number of piperidine rings is 1. The maximum atomic E-state index is 14.9. The van der Waals surface area contributed by atoms with Gasteiger partial charge in [-0.05, 0) is 79.8 Å². The lowest BCUT2D eigenvalue weighted by molar-refractivity contribution is -0.228. The number of rotatable bonds is 4. The Hall–Kier alpha value is -2.97. The summed E-state index contributed by atoms with van der Waals surface area (Å²) >= 11 is 0. The van der Waals surface area contributed by atoms with E-state index in [1.165, 1.54) is 24.3 Å². The van der Waals surface area contributed by atoms with Crippen molar-refractivity contribution in [1.29, 1.82) is 0 Å². The third-order valence-corrected chi connectivity index (χ3v) is 8.67. The summed E-state index contributed by atoms with van der Waals surface area (Å²) in [7, 11) is 0. The Morgan fingerprint density at radius 2 is 1.84 bits per heavy atom. The molecule has 1 aliphatic carbocycles. The van der Waals surface area contributed by atoms with E-state index in [2.05, 4.69) is 0 Å². The van der Waals surface area contributed by atoms with E-state index in [-0.39, 0.29) is 25.8 Å². The number of fused-ring (bicyclic) bond motifs is 3. The first kappa shape index (κ1) is 23.0. The molecule has 0 radical (unpaired) electrons. The Labute approximate surface area is 223 Å². The van der Waals surface area contributed by atoms with Gasteiger partial charge in [-0.2, -0.15) is 13.2 Å². The first-order valence-electron chi connectivity index (χ1n) is 14.3. The lowest BCUT2D eigenvalue weighted by Crippen LogP contribution is -2.55. The summed E-state index contributed by atoms with van der Waals surface area (Å²) in [4.78, 5) is 28.9. The van der Waals surface area contributed by atoms with Crippen LogP contribution in [-0.2, 0) is 33.5 Å². The molecule has 4 nitrogen and oxygen atoms in total. The SMILES string of the molecule is [2H]C([2H])([2H])N1C(=O)CCCC1C(=O)N1CC[C@@]2(Cc3ccc(F)cc3)c3ccc(C(C)(F)C(F)(F)F)cc3CC[C@@H]12. The third-order valence-electron chi connectivity index (χ3n) is 8.67. The number of likely N-dealkylation sites (N-methyl/N-ethyl adjacent to an activating group) is 1. The first-order valence-corrected chi connectivity index (χ1v) is 12.8. The highest BCUT2D eigenvalue weighted by Crippen LogP contribution is 2.51. The van der Waals surface area contributed by atoms with Gasteiger partial charge in [-0.1, -0.05) is 30.3 Å². The van der Waals surface area contributed by atoms with E-state index >= 15 is 0 Å². The van der Waals surface area contributed by atoms with Gasteiger partial charge in [0.05, 0.1) is 0 Å². The Bertz CT molecular complexity index is 1350. The molecule has 2 unspecified atom stereocenters. The average molecular weight is 538 g/mol. The predicted molar refractivity (Wildman–Crippen MR) is 132 cm³/mol. The number of carbonyl (C=O) groups excluding carboxylic acids is 2. The molecule has 204 valence electrons. The van der Waals surface area contributed by atoms with E-state index < -0.39 is 59.5 Å². The fraction of sp³-hybridized carbons (Fsp3) is 0.517. The van der Waals surface area contributed by atoms with Crippen molar-refractivity contribution in [1.82, 2.24) is 9.80 Å². The molecule has 5 rings (SSSR count). The van der Waals surface area contributed by atoms with Crippen LogP contribution in [0.4, 0.5) is 22.0 Å². The molecule has 0 saturated carbocycles. The molecular formula is C29H31F5N2O2. The van der Waals surface area contributed by atoms with Crippen molar-refractivity contribution < 1.29 is 35.7 Å². The minimum atomic E-state index is -5.10. The summed E-state index contributed by atoms with van der Waals surface area (Å²) in [6, 6.07) is 8.17. The van der Waals surface area contributed by atoms with Gasteiger partial charge in [-0.15, -0.1) is 0 Å². The van der Waals surface area contributed by atoms with Gasteiger partial charge in [0.15, 0.2) is 0 Å². The van der Waals surface area contributed by atoms with E-state index in [9.17, 15) is 31.5 Å². The number of alkyl halides is 4. The molecule has 2 aliphatic heterocycles. The summed E-state index contributed by atoms with van der Waals surface area (Å²) in [6.07, 6.45) is -3.08. The predicted octanol–water partition coefficient (Wildman–Crippen LogP) is 5.61. The highest BCUT2D eigenvalue weighted by Gasteiger charge is 2.56. The van der Waals surface area contributed by atoms with Crippen LogP contribution in [0.3, 0.4) is 0 Å². The van der Waals surface area contributed by atoms with Crippen LogP contribution in [-0.4, -0.2) is 53.4 Å². The van der Waals surface area contributed by atoms with Crippen molar-refractivity contribution >= 4 is 11.8 Å². The van der Waals surface area contributed by atoms with Crippen LogP contribution in [0.5, 0.6) is 0 Å². The molecule has 4 atom stereocenters. The highest BCUT2D eigenvalue weighted by molar-refractivity contribution is 5.89. The van der Waals surface area contributed by atoms with E-state index in [4.69, 9.17) is 4.11 Å². The number of halogens is 5.